The Morgan fingerprint density at radius 3 is 2.63 bits per heavy atom. The number of halogens is 2. The lowest BCUT2D eigenvalue weighted by Gasteiger charge is -2.07. The maximum atomic E-state index is 13.4. The third-order valence-corrected chi connectivity index (χ3v) is 3.02. The van der Waals surface area contributed by atoms with E-state index in [-0.39, 0.29) is 0 Å². The summed E-state index contributed by atoms with van der Waals surface area (Å²) in [5.41, 5.74) is 2.84. The van der Waals surface area contributed by atoms with E-state index in [9.17, 15) is 8.78 Å². The van der Waals surface area contributed by atoms with E-state index in [1.54, 1.807) is 6.07 Å². The summed E-state index contributed by atoms with van der Waals surface area (Å²) in [5, 5.41) is 3.13. The minimum atomic E-state index is -0.794. The van der Waals surface area contributed by atoms with E-state index >= 15 is 0 Å². The Labute approximate surface area is 112 Å². The van der Waals surface area contributed by atoms with Crippen LogP contribution in [-0.2, 0) is 13.0 Å². The lowest BCUT2D eigenvalue weighted by atomic mass is 10.1. The van der Waals surface area contributed by atoms with E-state index in [1.165, 1.54) is 17.2 Å². The maximum absolute atomic E-state index is 13.4. The molecule has 0 aliphatic heterocycles. The Morgan fingerprint density at radius 2 is 1.84 bits per heavy atom. The Morgan fingerprint density at radius 1 is 1.05 bits per heavy atom. The van der Waals surface area contributed by atoms with Crippen molar-refractivity contribution in [1.29, 1.82) is 0 Å². The highest BCUT2D eigenvalue weighted by atomic mass is 19.2. The second-order valence-electron chi connectivity index (χ2n) is 4.63. The number of nitrogens with one attached hydrogen (secondary N) is 1. The van der Waals surface area contributed by atoms with E-state index in [0.717, 1.165) is 19.0 Å². The standard InChI is InChI=1S/C16H17F2N/c1-12-4-2-5-13(10-12)8-9-19-11-14-6-3-7-15(17)16(14)18/h2-7,10,19H,8-9,11H2,1H3. The SMILES string of the molecule is Cc1cccc(CCNCc2cccc(F)c2F)c1. The summed E-state index contributed by atoms with van der Waals surface area (Å²) in [7, 11) is 0. The van der Waals surface area contributed by atoms with Gasteiger partial charge in [-0.15, -0.1) is 0 Å². The molecule has 0 saturated carbocycles. The molecule has 2 aromatic rings. The monoisotopic (exact) mass is 261 g/mol. The normalized spacial score (nSPS) is 10.7. The summed E-state index contributed by atoms with van der Waals surface area (Å²) in [6.07, 6.45) is 0.874. The van der Waals surface area contributed by atoms with Crippen molar-refractivity contribution in [2.75, 3.05) is 6.54 Å². The fourth-order valence-electron chi connectivity index (χ4n) is 2.01. The predicted octanol–water partition coefficient (Wildman–Crippen LogP) is 3.61. The first-order chi connectivity index (χ1) is 9.16. The van der Waals surface area contributed by atoms with Gasteiger partial charge in [0.25, 0.3) is 0 Å². The van der Waals surface area contributed by atoms with Gasteiger partial charge in [0.15, 0.2) is 11.6 Å². The third kappa shape index (κ3) is 3.86. The number of hydrogen-bond donors (Lipinski definition) is 1. The van der Waals surface area contributed by atoms with Crippen molar-refractivity contribution in [2.45, 2.75) is 19.9 Å². The Kier molecular flexibility index (Phi) is 4.63. The van der Waals surface area contributed by atoms with Crippen LogP contribution in [0.1, 0.15) is 16.7 Å². The number of aryl methyl sites for hydroxylation is 1. The maximum Gasteiger partial charge on any atom is 0.163 e. The second kappa shape index (κ2) is 6.43. The van der Waals surface area contributed by atoms with Crippen LogP contribution in [0, 0.1) is 18.6 Å². The van der Waals surface area contributed by atoms with Crippen molar-refractivity contribution in [2.24, 2.45) is 0 Å². The van der Waals surface area contributed by atoms with Gasteiger partial charge in [0.2, 0.25) is 0 Å². The zero-order chi connectivity index (χ0) is 13.7. The van der Waals surface area contributed by atoms with Gasteiger partial charge in [-0.25, -0.2) is 8.78 Å². The van der Waals surface area contributed by atoms with Crippen molar-refractivity contribution in [3.8, 4) is 0 Å². The van der Waals surface area contributed by atoms with Gasteiger partial charge in [-0.3, -0.25) is 0 Å². The predicted molar refractivity (Wildman–Crippen MR) is 72.9 cm³/mol. The molecule has 1 N–H and O–H groups in total. The van der Waals surface area contributed by atoms with Crippen LogP contribution in [0.2, 0.25) is 0 Å². The van der Waals surface area contributed by atoms with E-state index in [2.05, 4.69) is 30.4 Å². The van der Waals surface area contributed by atoms with Gasteiger partial charge in [-0.2, -0.15) is 0 Å². The molecule has 0 atom stereocenters. The van der Waals surface area contributed by atoms with E-state index in [1.807, 2.05) is 6.07 Å². The first kappa shape index (κ1) is 13.7. The third-order valence-electron chi connectivity index (χ3n) is 3.02. The van der Waals surface area contributed by atoms with Gasteiger partial charge < -0.3 is 5.32 Å². The zero-order valence-electron chi connectivity index (χ0n) is 10.9. The number of rotatable bonds is 5. The molecule has 2 aromatic carbocycles. The number of benzene rings is 2. The summed E-state index contributed by atoms with van der Waals surface area (Å²) in [4.78, 5) is 0. The number of hydrogen-bond acceptors (Lipinski definition) is 1. The van der Waals surface area contributed by atoms with Crippen LogP contribution in [0.4, 0.5) is 8.78 Å². The molecule has 0 spiro atoms. The highest BCUT2D eigenvalue weighted by Gasteiger charge is 2.06. The Bertz CT molecular complexity index is 552. The Hall–Kier alpha value is -1.74. The molecule has 2 rings (SSSR count). The molecule has 0 heterocycles. The van der Waals surface area contributed by atoms with E-state index in [4.69, 9.17) is 0 Å². The highest BCUT2D eigenvalue weighted by molar-refractivity contribution is 5.22. The quantitative estimate of drug-likeness (QED) is 0.811. The van der Waals surface area contributed by atoms with Gasteiger partial charge in [0.05, 0.1) is 0 Å². The summed E-state index contributed by atoms with van der Waals surface area (Å²) in [6, 6.07) is 12.5. The minimum Gasteiger partial charge on any atom is -0.312 e. The van der Waals surface area contributed by atoms with Crippen LogP contribution >= 0.6 is 0 Å². The van der Waals surface area contributed by atoms with E-state index < -0.39 is 11.6 Å². The lowest BCUT2D eigenvalue weighted by Crippen LogP contribution is -2.17. The molecule has 0 bridgehead atoms. The molecule has 3 heteroatoms. The molecular formula is C16H17F2N. The average Bonchev–Trinajstić information content (AvgIpc) is 2.39. The van der Waals surface area contributed by atoms with Gasteiger partial charge in [-0.05, 0) is 31.5 Å². The van der Waals surface area contributed by atoms with Gasteiger partial charge in [0.1, 0.15) is 0 Å². The molecule has 0 fully saturated rings. The Balaban J connectivity index is 1.82. The summed E-state index contributed by atoms with van der Waals surface area (Å²) in [5.74, 6) is -1.55. The van der Waals surface area contributed by atoms with Crippen molar-refractivity contribution in [3.63, 3.8) is 0 Å². The van der Waals surface area contributed by atoms with Crippen LogP contribution < -0.4 is 5.32 Å². The van der Waals surface area contributed by atoms with Crippen molar-refractivity contribution in [3.05, 3.63) is 70.8 Å². The van der Waals surface area contributed by atoms with Gasteiger partial charge in [0, 0.05) is 12.1 Å². The van der Waals surface area contributed by atoms with Gasteiger partial charge in [-0.1, -0.05) is 42.0 Å². The molecule has 0 radical (unpaired) electrons. The zero-order valence-corrected chi connectivity index (χ0v) is 10.9. The second-order valence-corrected chi connectivity index (χ2v) is 4.63. The lowest BCUT2D eigenvalue weighted by molar-refractivity contribution is 0.493. The largest absolute Gasteiger partial charge is 0.312 e. The smallest absolute Gasteiger partial charge is 0.163 e. The highest BCUT2D eigenvalue weighted by Crippen LogP contribution is 2.11. The summed E-state index contributed by atoms with van der Waals surface area (Å²) >= 11 is 0. The molecule has 100 valence electrons. The first-order valence-electron chi connectivity index (χ1n) is 6.36. The molecule has 19 heavy (non-hydrogen) atoms. The van der Waals surface area contributed by atoms with Crippen LogP contribution in [-0.4, -0.2) is 6.54 Å². The van der Waals surface area contributed by atoms with Crippen molar-refractivity contribution in [1.82, 2.24) is 5.32 Å². The van der Waals surface area contributed by atoms with Crippen molar-refractivity contribution < 1.29 is 8.78 Å². The van der Waals surface area contributed by atoms with Crippen LogP contribution in [0.3, 0.4) is 0 Å². The van der Waals surface area contributed by atoms with Crippen LogP contribution in [0.15, 0.2) is 42.5 Å². The molecule has 0 saturated heterocycles. The average molecular weight is 261 g/mol. The summed E-state index contributed by atoms with van der Waals surface area (Å²) in [6.45, 7) is 3.13. The fraction of sp³-hybridized carbons (Fsp3) is 0.250. The molecule has 0 amide bonds. The topological polar surface area (TPSA) is 12.0 Å². The van der Waals surface area contributed by atoms with E-state index in [0.29, 0.717) is 12.1 Å². The van der Waals surface area contributed by atoms with Crippen LogP contribution in [0.5, 0.6) is 0 Å². The molecular weight excluding hydrogens is 244 g/mol. The van der Waals surface area contributed by atoms with Gasteiger partial charge >= 0.3 is 0 Å². The van der Waals surface area contributed by atoms with Crippen molar-refractivity contribution >= 4 is 0 Å². The molecule has 1 nitrogen and oxygen atoms in total. The molecule has 0 aliphatic carbocycles. The summed E-state index contributed by atoms with van der Waals surface area (Å²) < 4.78 is 26.4. The molecule has 0 unspecified atom stereocenters. The first-order valence-corrected chi connectivity index (χ1v) is 6.36. The minimum absolute atomic E-state index is 0.343. The molecule has 0 aliphatic rings. The molecule has 0 aromatic heterocycles. The van der Waals surface area contributed by atoms with Crippen LogP contribution in [0.25, 0.3) is 0 Å². The fourth-order valence-corrected chi connectivity index (χ4v) is 2.01.